The Morgan fingerprint density at radius 2 is 2.07 bits per heavy atom. The molecule has 1 saturated heterocycles. The van der Waals surface area contributed by atoms with Crippen molar-refractivity contribution < 1.29 is 18.0 Å². The minimum atomic E-state index is -4.62. The van der Waals surface area contributed by atoms with E-state index >= 15 is 0 Å². The van der Waals surface area contributed by atoms with Crippen molar-refractivity contribution in [1.82, 2.24) is 30.2 Å². The standard InChI is InChI=1S/C17H23F3N6O.ClH/c1-10-13(3-4-14(27)22-8-6-12-5-7-21-9-12)11(2)26-16(23-10)24-15(25-26)17(18,19)20;/h12,21H,3-9H2,1-2H3,(H,22,27);1H. The highest BCUT2D eigenvalue weighted by Gasteiger charge is 2.36. The summed E-state index contributed by atoms with van der Waals surface area (Å²) in [6.45, 7) is 6.04. The van der Waals surface area contributed by atoms with E-state index in [1.54, 1.807) is 13.8 Å². The lowest BCUT2D eigenvalue weighted by atomic mass is 10.0. The Morgan fingerprint density at radius 1 is 1.32 bits per heavy atom. The van der Waals surface area contributed by atoms with Crippen LogP contribution in [0.1, 0.15) is 42.0 Å². The molecule has 2 aromatic rings. The molecule has 1 aliphatic rings. The van der Waals surface area contributed by atoms with E-state index in [4.69, 9.17) is 0 Å². The van der Waals surface area contributed by atoms with E-state index < -0.39 is 12.0 Å². The normalized spacial score (nSPS) is 17.0. The number of nitrogens with zero attached hydrogens (tertiary/aromatic N) is 4. The Bertz CT molecular complexity index is 832. The number of amides is 1. The van der Waals surface area contributed by atoms with Crippen molar-refractivity contribution >= 4 is 24.1 Å². The predicted octanol–water partition coefficient (Wildman–Crippen LogP) is 2.23. The molecule has 0 spiro atoms. The molecule has 0 saturated carbocycles. The van der Waals surface area contributed by atoms with Crippen molar-refractivity contribution in [3.8, 4) is 0 Å². The highest BCUT2D eigenvalue weighted by Crippen LogP contribution is 2.27. The summed E-state index contributed by atoms with van der Waals surface area (Å²) in [5.74, 6) is -0.768. The summed E-state index contributed by atoms with van der Waals surface area (Å²) in [5, 5.41) is 9.72. The van der Waals surface area contributed by atoms with Crippen LogP contribution in [-0.2, 0) is 17.4 Å². The highest BCUT2D eigenvalue weighted by atomic mass is 35.5. The molecule has 1 aliphatic heterocycles. The van der Waals surface area contributed by atoms with Crippen molar-refractivity contribution in [3.05, 3.63) is 22.8 Å². The number of aryl methyl sites for hydroxylation is 2. The molecule has 2 N–H and O–H groups in total. The maximum Gasteiger partial charge on any atom is 0.453 e. The molecule has 0 aliphatic carbocycles. The van der Waals surface area contributed by atoms with Gasteiger partial charge < -0.3 is 10.6 Å². The van der Waals surface area contributed by atoms with Gasteiger partial charge in [-0.3, -0.25) is 4.79 Å². The van der Waals surface area contributed by atoms with Crippen molar-refractivity contribution in [2.24, 2.45) is 5.92 Å². The molecule has 1 fully saturated rings. The largest absolute Gasteiger partial charge is 0.453 e. The molecular formula is C17H24ClF3N6O. The average Bonchev–Trinajstić information content (AvgIpc) is 3.23. The molecule has 1 atom stereocenters. The molecule has 0 radical (unpaired) electrons. The van der Waals surface area contributed by atoms with E-state index in [2.05, 4.69) is 25.7 Å². The van der Waals surface area contributed by atoms with Crippen molar-refractivity contribution in [3.63, 3.8) is 0 Å². The summed E-state index contributed by atoms with van der Waals surface area (Å²) in [4.78, 5) is 19.6. The average molecular weight is 421 g/mol. The lowest BCUT2D eigenvalue weighted by Crippen LogP contribution is -2.26. The zero-order valence-corrected chi connectivity index (χ0v) is 16.6. The molecule has 1 unspecified atom stereocenters. The number of fused-ring (bicyclic) bond motifs is 1. The van der Waals surface area contributed by atoms with Crippen molar-refractivity contribution in [2.75, 3.05) is 19.6 Å². The van der Waals surface area contributed by atoms with Crippen LogP contribution in [0, 0.1) is 19.8 Å². The summed E-state index contributed by atoms with van der Waals surface area (Å²) in [7, 11) is 0. The third-order valence-electron chi connectivity index (χ3n) is 4.94. The summed E-state index contributed by atoms with van der Waals surface area (Å²) in [5.41, 5.74) is 1.80. The topological polar surface area (TPSA) is 84.2 Å². The number of carbonyl (C=O) groups excluding carboxylic acids is 1. The molecule has 1 amide bonds. The lowest BCUT2D eigenvalue weighted by molar-refractivity contribution is -0.144. The number of alkyl halides is 3. The number of hydrogen-bond acceptors (Lipinski definition) is 5. The van der Waals surface area contributed by atoms with Gasteiger partial charge in [-0.05, 0) is 57.7 Å². The molecule has 2 aromatic heterocycles. The monoisotopic (exact) mass is 420 g/mol. The van der Waals surface area contributed by atoms with E-state index in [0.717, 1.165) is 36.0 Å². The van der Waals surface area contributed by atoms with Gasteiger partial charge >= 0.3 is 6.18 Å². The fourth-order valence-corrected chi connectivity index (χ4v) is 3.39. The van der Waals surface area contributed by atoms with Gasteiger partial charge in [0.1, 0.15) is 0 Å². The number of halogens is 4. The van der Waals surface area contributed by atoms with E-state index in [0.29, 0.717) is 30.3 Å². The van der Waals surface area contributed by atoms with Crippen LogP contribution in [0.15, 0.2) is 0 Å². The molecule has 0 bridgehead atoms. The summed E-state index contributed by atoms with van der Waals surface area (Å²) in [6.07, 6.45) is -1.90. The Balaban J connectivity index is 0.00000280. The van der Waals surface area contributed by atoms with Gasteiger partial charge in [-0.25, -0.2) is 9.50 Å². The van der Waals surface area contributed by atoms with Gasteiger partial charge in [-0.15, -0.1) is 17.5 Å². The zero-order valence-electron chi connectivity index (χ0n) is 15.8. The van der Waals surface area contributed by atoms with Crippen molar-refractivity contribution in [2.45, 2.75) is 45.7 Å². The maximum atomic E-state index is 12.8. The molecule has 0 aromatic carbocycles. The second-order valence-electron chi connectivity index (χ2n) is 6.90. The molecule has 28 heavy (non-hydrogen) atoms. The van der Waals surface area contributed by atoms with E-state index in [1.165, 1.54) is 0 Å². The molecular weight excluding hydrogens is 397 g/mol. The number of nitrogens with one attached hydrogen (secondary N) is 2. The minimum absolute atomic E-state index is 0. The number of rotatable bonds is 6. The van der Waals surface area contributed by atoms with Gasteiger partial charge in [0.25, 0.3) is 11.6 Å². The van der Waals surface area contributed by atoms with Gasteiger partial charge in [-0.1, -0.05) is 0 Å². The van der Waals surface area contributed by atoms with Gasteiger partial charge in [0.2, 0.25) is 5.91 Å². The molecule has 11 heteroatoms. The van der Waals surface area contributed by atoms with Gasteiger partial charge in [0.05, 0.1) is 0 Å². The lowest BCUT2D eigenvalue weighted by Gasteiger charge is -2.11. The van der Waals surface area contributed by atoms with Gasteiger partial charge in [-0.2, -0.15) is 18.2 Å². The maximum absolute atomic E-state index is 12.8. The number of carbonyl (C=O) groups is 1. The second kappa shape index (κ2) is 9.04. The predicted molar refractivity (Wildman–Crippen MR) is 99.4 cm³/mol. The van der Waals surface area contributed by atoms with Crippen LogP contribution in [0.2, 0.25) is 0 Å². The van der Waals surface area contributed by atoms with Gasteiger partial charge in [0, 0.05) is 24.4 Å². The first-order chi connectivity index (χ1) is 12.8. The summed E-state index contributed by atoms with van der Waals surface area (Å²) < 4.78 is 39.6. The van der Waals surface area contributed by atoms with Crippen LogP contribution >= 0.6 is 12.4 Å². The molecule has 3 rings (SSSR count). The smallest absolute Gasteiger partial charge is 0.356 e. The van der Waals surface area contributed by atoms with E-state index in [9.17, 15) is 18.0 Å². The third kappa shape index (κ3) is 5.11. The van der Waals surface area contributed by atoms with E-state index in [-0.39, 0.29) is 30.5 Å². The Morgan fingerprint density at radius 3 is 2.71 bits per heavy atom. The Kier molecular flexibility index (Phi) is 7.22. The fourth-order valence-electron chi connectivity index (χ4n) is 3.39. The first-order valence-electron chi connectivity index (χ1n) is 9.03. The first kappa shape index (κ1) is 22.4. The quantitative estimate of drug-likeness (QED) is 0.748. The zero-order chi connectivity index (χ0) is 19.6. The van der Waals surface area contributed by atoms with Crippen LogP contribution in [0.4, 0.5) is 13.2 Å². The second-order valence-corrected chi connectivity index (χ2v) is 6.90. The Hall–Kier alpha value is -1.94. The fraction of sp³-hybridized carbons (Fsp3) is 0.647. The molecule has 7 nitrogen and oxygen atoms in total. The number of aromatic nitrogens is 4. The SMILES string of the molecule is Cc1nc2nc(C(F)(F)F)nn2c(C)c1CCC(=O)NCCC1CCNC1.Cl. The molecule has 156 valence electrons. The summed E-state index contributed by atoms with van der Waals surface area (Å²) >= 11 is 0. The van der Waals surface area contributed by atoms with E-state index in [1.807, 2.05) is 0 Å². The number of hydrogen-bond donors (Lipinski definition) is 2. The minimum Gasteiger partial charge on any atom is -0.356 e. The van der Waals surface area contributed by atoms with Crippen LogP contribution in [0.25, 0.3) is 5.78 Å². The van der Waals surface area contributed by atoms with Crippen LogP contribution in [-0.4, -0.2) is 45.1 Å². The molecule has 3 heterocycles. The van der Waals surface area contributed by atoms with Crippen LogP contribution < -0.4 is 10.6 Å². The summed E-state index contributed by atoms with van der Waals surface area (Å²) in [6, 6.07) is 0. The van der Waals surface area contributed by atoms with Crippen LogP contribution in [0.3, 0.4) is 0 Å². The highest BCUT2D eigenvalue weighted by molar-refractivity contribution is 5.85. The third-order valence-corrected chi connectivity index (χ3v) is 4.94. The first-order valence-corrected chi connectivity index (χ1v) is 9.03. The van der Waals surface area contributed by atoms with Crippen molar-refractivity contribution in [1.29, 1.82) is 0 Å². The van der Waals surface area contributed by atoms with Gasteiger partial charge in [0.15, 0.2) is 0 Å². The van der Waals surface area contributed by atoms with Crippen LogP contribution in [0.5, 0.6) is 0 Å². The Labute approximate surface area is 166 Å².